The van der Waals surface area contributed by atoms with E-state index in [2.05, 4.69) is 23.7 Å². The van der Waals surface area contributed by atoms with E-state index < -0.39 is 0 Å². The van der Waals surface area contributed by atoms with Crippen LogP contribution in [0, 0.1) is 0 Å². The van der Waals surface area contributed by atoms with E-state index in [4.69, 9.17) is 9.84 Å². The fourth-order valence-corrected chi connectivity index (χ4v) is 4.93. The molecule has 2 unspecified atom stereocenters. The van der Waals surface area contributed by atoms with Gasteiger partial charge in [-0.25, -0.2) is 0 Å². The lowest BCUT2D eigenvalue weighted by atomic mass is 10.0. The van der Waals surface area contributed by atoms with E-state index in [9.17, 15) is 0 Å². The van der Waals surface area contributed by atoms with E-state index in [1.165, 1.54) is 9.77 Å². The maximum atomic E-state index is 9.10. The molecule has 18 heavy (non-hydrogen) atoms. The molecule has 0 bridgehead atoms. The summed E-state index contributed by atoms with van der Waals surface area (Å²) in [7, 11) is 1.71. The standard InChI is InChI=1S/C13H21NO2S2/c1-9-7-12(11-4-6-17-13(11)18-9)14-10(3-5-15)8-16-2/h4,6,9-10,12,14-15H,3,5,7-8H2,1-2H3/t9-,10?,12?/m0/s1. The number of methoxy groups -OCH3 is 1. The molecule has 0 radical (unpaired) electrons. The minimum Gasteiger partial charge on any atom is -0.396 e. The second-order valence-corrected chi connectivity index (χ2v) is 7.33. The summed E-state index contributed by atoms with van der Waals surface area (Å²) in [4.78, 5) is 0. The van der Waals surface area contributed by atoms with Gasteiger partial charge >= 0.3 is 0 Å². The van der Waals surface area contributed by atoms with Crippen LogP contribution in [0.3, 0.4) is 0 Å². The minimum atomic E-state index is 0.203. The zero-order chi connectivity index (χ0) is 13.0. The van der Waals surface area contributed by atoms with Gasteiger partial charge in [-0.1, -0.05) is 6.92 Å². The highest BCUT2D eigenvalue weighted by atomic mass is 32.2. The molecule has 2 heterocycles. The van der Waals surface area contributed by atoms with Gasteiger partial charge < -0.3 is 15.2 Å². The Balaban J connectivity index is 2.04. The maximum absolute atomic E-state index is 9.10. The zero-order valence-electron chi connectivity index (χ0n) is 10.9. The summed E-state index contributed by atoms with van der Waals surface area (Å²) in [6.45, 7) is 3.13. The third-order valence-electron chi connectivity index (χ3n) is 3.19. The van der Waals surface area contributed by atoms with Crippen LogP contribution >= 0.6 is 23.1 Å². The van der Waals surface area contributed by atoms with Gasteiger partial charge in [-0.15, -0.1) is 23.1 Å². The number of rotatable bonds is 6. The quantitative estimate of drug-likeness (QED) is 0.844. The minimum absolute atomic E-state index is 0.203. The zero-order valence-corrected chi connectivity index (χ0v) is 12.5. The average molecular weight is 287 g/mol. The first-order valence-corrected chi connectivity index (χ1v) is 8.10. The summed E-state index contributed by atoms with van der Waals surface area (Å²) in [6, 6.07) is 2.85. The predicted molar refractivity (Wildman–Crippen MR) is 77.5 cm³/mol. The molecule has 102 valence electrons. The normalized spacial score (nSPS) is 24.8. The molecule has 0 aliphatic carbocycles. The van der Waals surface area contributed by atoms with Crippen molar-refractivity contribution in [3.8, 4) is 0 Å². The molecule has 0 saturated heterocycles. The molecule has 0 fully saturated rings. The third-order valence-corrected chi connectivity index (χ3v) is 5.54. The number of aliphatic hydroxyl groups excluding tert-OH is 1. The Hall–Kier alpha value is -0.0700. The van der Waals surface area contributed by atoms with Gasteiger partial charge in [-0.2, -0.15) is 0 Å². The van der Waals surface area contributed by atoms with Crippen LogP contribution in [-0.4, -0.2) is 36.7 Å². The van der Waals surface area contributed by atoms with Gasteiger partial charge in [0.05, 0.1) is 10.8 Å². The van der Waals surface area contributed by atoms with Crippen molar-refractivity contribution in [1.29, 1.82) is 0 Å². The molecule has 0 spiro atoms. The summed E-state index contributed by atoms with van der Waals surface area (Å²) in [6.07, 6.45) is 1.88. The van der Waals surface area contributed by atoms with Crippen molar-refractivity contribution in [2.75, 3.05) is 20.3 Å². The van der Waals surface area contributed by atoms with Crippen LogP contribution < -0.4 is 5.32 Å². The highest BCUT2D eigenvalue weighted by Crippen LogP contribution is 2.43. The van der Waals surface area contributed by atoms with Crippen molar-refractivity contribution in [3.63, 3.8) is 0 Å². The number of thioether (sulfide) groups is 1. The van der Waals surface area contributed by atoms with Crippen molar-refractivity contribution in [2.24, 2.45) is 0 Å². The van der Waals surface area contributed by atoms with Crippen molar-refractivity contribution >= 4 is 23.1 Å². The first-order valence-electron chi connectivity index (χ1n) is 6.34. The van der Waals surface area contributed by atoms with Gasteiger partial charge in [-0.3, -0.25) is 0 Å². The molecule has 3 atom stereocenters. The second kappa shape index (κ2) is 6.91. The molecule has 5 heteroatoms. The molecular formula is C13H21NO2S2. The van der Waals surface area contributed by atoms with Crippen LogP contribution in [0.4, 0.5) is 0 Å². The Morgan fingerprint density at radius 2 is 2.44 bits per heavy atom. The fourth-order valence-electron chi connectivity index (χ4n) is 2.36. The first kappa shape index (κ1) is 14.3. The molecule has 0 saturated carbocycles. The van der Waals surface area contributed by atoms with Gasteiger partial charge in [0.1, 0.15) is 0 Å². The van der Waals surface area contributed by atoms with E-state index in [1.807, 2.05) is 23.1 Å². The molecule has 0 amide bonds. The van der Waals surface area contributed by atoms with Gasteiger partial charge in [0.25, 0.3) is 0 Å². The molecule has 3 nitrogen and oxygen atoms in total. The van der Waals surface area contributed by atoms with Crippen molar-refractivity contribution in [2.45, 2.75) is 41.3 Å². The van der Waals surface area contributed by atoms with Crippen LogP contribution in [-0.2, 0) is 4.74 Å². The number of fused-ring (bicyclic) bond motifs is 1. The van der Waals surface area contributed by atoms with E-state index in [0.717, 1.165) is 12.8 Å². The molecule has 1 aliphatic heterocycles. The van der Waals surface area contributed by atoms with E-state index in [-0.39, 0.29) is 12.6 Å². The number of nitrogens with one attached hydrogen (secondary N) is 1. The Labute approximate surface area is 117 Å². The monoisotopic (exact) mass is 287 g/mol. The lowest BCUT2D eigenvalue weighted by molar-refractivity contribution is 0.141. The second-order valence-electron chi connectivity index (χ2n) is 4.71. The van der Waals surface area contributed by atoms with E-state index in [1.54, 1.807) is 7.11 Å². The third kappa shape index (κ3) is 3.48. The smallest absolute Gasteiger partial charge is 0.0649 e. The molecule has 2 N–H and O–H groups in total. The Kier molecular flexibility index (Phi) is 5.51. The van der Waals surface area contributed by atoms with Crippen LogP contribution in [0.5, 0.6) is 0 Å². The fraction of sp³-hybridized carbons (Fsp3) is 0.692. The van der Waals surface area contributed by atoms with Gasteiger partial charge in [0.2, 0.25) is 0 Å². The highest BCUT2D eigenvalue weighted by Gasteiger charge is 2.27. The molecule has 1 aromatic rings. The predicted octanol–water partition coefficient (Wildman–Crippen LogP) is 2.66. The molecule has 1 aliphatic rings. The summed E-state index contributed by atoms with van der Waals surface area (Å²) >= 11 is 3.80. The topological polar surface area (TPSA) is 41.5 Å². The number of hydrogen-bond acceptors (Lipinski definition) is 5. The largest absolute Gasteiger partial charge is 0.396 e. The number of ether oxygens (including phenoxy) is 1. The summed E-state index contributed by atoms with van der Waals surface area (Å²) in [5.74, 6) is 0. The number of hydrogen-bond donors (Lipinski definition) is 2. The molecule has 1 aromatic heterocycles. The summed E-state index contributed by atoms with van der Waals surface area (Å²) in [5.41, 5.74) is 1.42. The van der Waals surface area contributed by atoms with Crippen molar-refractivity contribution < 1.29 is 9.84 Å². The number of aliphatic hydroxyl groups is 1. The van der Waals surface area contributed by atoms with Crippen LogP contribution in [0.1, 0.15) is 31.4 Å². The highest BCUT2D eigenvalue weighted by molar-refractivity contribution is 8.01. The molecular weight excluding hydrogens is 266 g/mol. The van der Waals surface area contributed by atoms with Crippen LogP contribution in [0.2, 0.25) is 0 Å². The van der Waals surface area contributed by atoms with E-state index in [0.29, 0.717) is 17.9 Å². The number of thiophene rings is 1. The van der Waals surface area contributed by atoms with Crippen LogP contribution in [0.25, 0.3) is 0 Å². The van der Waals surface area contributed by atoms with Crippen molar-refractivity contribution in [1.82, 2.24) is 5.32 Å². The maximum Gasteiger partial charge on any atom is 0.0649 e. The Morgan fingerprint density at radius 3 is 3.17 bits per heavy atom. The molecule has 0 aromatic carbocycles. The first-order chi connectivity index (χ1) is 8.74. The van der Waals surface area contributed by atoms with Gasteiger partial charge in [0, 0.05) is 31.1 Å². The van der Waals surface area contributed by atoms with Gasteiger partial charge in [-0.05, 0) is 29.9 Å². The van der Waals surface area contributed by atoms with Gasteiger partial charge in [0.15, 0.2) is 0 Å². The Bertz CT molecular complexity index is 364. The summed E-state index contributed by atoms with van der Waals surface area (Å²) < 4.78 is 6.65. The molecule has 2 rings (SSSR count). The van der Waals surface area contributed by atoms with Crippen molar-refractivity contribution in [3.05, 3.63) is 17.0 Å². The lowest BCUT2D eigenvalue weighted by Crippen LogP contribution is -2.38. The van der Waals surface area contributed by atoms with Crippen LogP contribution in [0.15, 0.2) is 15.7 Å². The lowest BCUT2D eigenvalue weighted by Gasteiger charge is -2.31. The summed E-state index contributed by atoms with van der Waals surface area (Å²) in [5, 5.41) is 15.6. The Morgan fingerprint density at radius 1 is 1.61 bits per heavy atom. The average Bonchev–Trinajstić information content (AvgIpc) is 2.77. The SMILES string of the molecule is COCC(CCO)NC1C[C@H](C)Sc2sccc21. The van der Waals surface area contributed by atoms with E-state index >= 15 is 0 Å².